The predicted octanol–water partition coefficient (Wildman–Crippen LogP) is 1.01. The number of hydrogen-bond acceptors (Lipinski definition) is 3. The van der Waals surface area contributed by atoms with Crippen LogP contribution in [0.3, 0.4) is 0 Å². The maximum absolute atomic E-state index is 11.4. The predicted molar refractivity (Wildman–Crippen MR) is 76.9 cm³/mol. The van der Waals surface area contributed by atoms with Crippen LogP contribution >= 0.6 is 12.4 Å². The fraction of sp³-hybridized carbons (Fsp3) is 0.462. The summed E-state index contributed by atoms with van der Waals surface area (Å²) < 4.78 is 0. The van der Waals surface area contributed by atoms with Gasteiger partial charge in [0.15, 0.2) is 0 Å². The molecule has 1 aromatic carbocycles. The summed E-state index contributed by atoms with van der Waals surface area (Å²) in [6.45, 7) is 1.83. The summed E-state index contributed by atoms with van der Waals surface area (Å²) in [5.41, 5.74) is 2.42. The Morgan fingerprint density at radius 1 is 1.22 bits per heavy atom. The second-order valence-corrected chi connectivity index (χ2v) is 4.31. The van der Waals surface area contributed by atoms with Crippen LogP contribution in [-0.2, 0) is 17.9 Å². The lowest BCUT2D eigenvalue weighted by Gasteiger charge is -2.14. The van der Waals surface area contributed by atoms with Crippen LogP contribution in [0.25, 0.3) is 0 Å². The van der Waals surface area contributed by atoms with Crippen LogP contribution in [0, 0.1) is 0 Å². The molecule has 0 bridgehead atoms. The van der Waals surface area contributed by atoms with Crippen molar-refractivity contribution in [2.24, 2.45) is 0 Å². The van der Waals surface area contributed by atoms with E-state index in [1.165, 1.54) is 11.1 Å². The van der Waals surface area contributed by atoms with Crippen molar-refractivity contribution in [1.82, 2.24) is 15.5 Å². The first kappa shape index (κ1) is 16.9. The Bertz CT molecular complexity index is 369. The van der Waals surface area contributed by atoms with Gasteiger partial charge in [-0.05, 0) is 32.3 Å². The van der Waals surface area contributed by atoms with Crippen molar-refractivity contribution in [3.8, 4) is 0 Å². The van der Waals surface area contributed by atoms with E-state index in [2.05, 4.69) is 27.7 Å². The summed E-state index contributed by atoms with van der Waals surface area (Å²) >= 11 is 0. The average molecular weight is 272 g/mol. The Morgan fingerprint density at radius 2 is 1.83 bits per heavy atom. The highest BCUT2D eigenvalue weighted by Gasteiger charge is 2.04. The van der Waals surface area contributed by atoms with Crippen molar-refractivity contribution >= 4 is 18.3 Å². The van der Waals surface area contributed by atoms with E-state index < -0.39 is 0 Å². The van der Waals surface area contributed by atoms with E-state index in [9.17, 15) is 4.79 Å². The molecular formula is C13H22ClN3O. The first-order chi connectivity index (χ1) is 8.13. The topological polar surface area (TPSA) is 44.4 Å². The van der Waals surface area contributed by atoms with Crippen LogP contribution in [0.5, 0.6) is 0 Å². The third-order valence-electron chi connectivity index (χ3n) is 2.42. The second-order valence-electron chi connectivity index (χ2n) is 4.31. The van der Waals surface area contributed by atoms with Crippen molar-refractivity contribution < 1.29 is 4.79 Å². The van der Waals surface area contributed by atoms with Gasteiger partial charge >= 0.3 is 0 Å². The van der Waals surface area contributed by atoms with E-state index >= 15 is 0 Å². The van der Waals surface area contributed by atoms with Crippen molar-refractivity contribution in [2.75, 3.05) is 27.7 Å². The maximum Gasteiger partial charge on any atom is 0.234 e. The zero-order valence-corrected chi connectivity index (χ0v) is 12.0. The van der Waals surface area contributed by atoms with Crippen LogP contribution in [0.2, 0.25) is 0 Å². The van der Waals surface area contributed by atoms with Crippen molar-refractivity contribution in [1.29, 1.82) is 0 Å². The average Bonchev–Trinajstić information content (AvgIpc) is 2.27. The number of likely N-dealkylation sites (N-methyl/N-ethyl adjacent to an activating group) is 1. The molecule has 0 saturated carbocycles. The number of nitrogens with zero attached hydrogens (tertiary/aromatic N) is 1. The summed E-state index contributed by atoms with van der Waals surface area (Å²) in [5, 5.41) is 5.72. The minimum atomic E-state index is 0. The number of carbonyl (C=O) groups is 1. The highest BCUT2D eigenvalue weighted by molar-refractivity contribution is 5.85. The SMILES string of the molecule is CNCC(=O)NCc1ccccc1CN(C)C.Cl. The molecule has 0 aliphatic heterocycles. The lowest BCUT2D eigenvalue weighted by atomic mass is 10.1. The van der Waals surface area contributed by atoms with Crippen LogP contribution in [-0.4, -0.2) is 38.5 Å². The van der Waals surface area contributed by atoms with Gasteiger partial charge < -0.3 is 15.5 Å². The highest BCUT2D eigenvalue weighted by Crippen LogP contribution is 2.10. The lowest BCUT2D eigenvalue weighted by Crippen LogP contribution is -2.32. The first-order valence-corrected chi connectivity index (χ1v) is 5.76. The molecule has 5 heteroatoms. The van der Waals surface area contributed by atoms with E-state index in [-0.39, 0.29) is 18.3 Å². The molecule has 4 nitrogen and oxygen atoms in total. The van der Waals surface area contributed by atoms with Gasteiger partial charge in [0.2, 0.25) is 5.91 Å². The van der Waals surface area contributed by atoms with Crippen LogP contribution in [0.15, 0.2) is 24.3 Å². The second kappa shape index (κ2) is 8.91. The van der Waals surface area contributed by atoms with Gasteiger partial charge in [-0.1, -0.05) is 24.3 Å². The number of benzene rings is 1. The fourth-order valence-electron chi connectivity index (χ4n) is 1.64. The Labute approximate surface area is 115 Å². The minimum absolute atomic E-state index is 0. The molecule has 0 atom stereocenters. The van der Waals surface area contributed by atoms with Gasteiger partial charge in [0.05, 0.1) is 6.54 Å². The molecule has 0 spiro atoms. The van der Waals surface area contributed by atoms with Gasteiger partial charge in [0, 0.05) is 13.1 Å². The molecule has 1 rings (SSSR count). The molecule has 1 aromatic rings. The summed E-state index contributed by atoms with van der Waals surface area (Å²) in [6.07, 6.45) is 0. The van der Waals surface area contributed by atoms with Gasteiger partial charge in [-0.2, -0.15) is 0 Å². The standard InChI is InChI=1S/C13H21N3O.ClH/c1-14-9-13(17)15-8-11-6-4-5-7-12(11)10-16(2)3;/h4-7,14H,8-10H2,1-3H3,(H,15,17);1H. The fourth-order valence-corrected chi connectivity index (χ4v) is 1.64. The van der Waals surface area contributed by atoms with Gasteiger partial charge in [-0.25, -0.2) is 0 Å². The quantitative estimate of drug-likeness (QED) is 0.812. The van der Waals surface area contributed by atoms with Crippen molar-refractivity contribution in [2.45, 2.75) is 13.1 Å². The number of hydrogen-bond donors (Lipinski definition) is 2. The molecular weight excluding hydrogens is 250 g/mol. The van der Waals surface area contributed by atoms with Crippen molar-refractivity contribution in [3.63, 3.8) is 0 Å². The van der Waals surface area contributed by atoms with E-state index in [0.717, 1.165) is 6.54 Å². The summed E-state index contributed by atoms with van der Waals surface area (Å²) in [7, 11) is 5.84. The largest absolute Gasteiger partial charge is 0.351 e. The summed E-state index contributed by atoms with van der Waals surface area (Å²) in [4.78, 5) is 13.5. The third-order valence-corrected chi connectivity index (χ3v) is 2.42. The zero-order chi connectivity index (χ0) is 12.7. The molecule has 0 fully saturated rings. The summed E-state index contributed by atoms with van der Waals surface area (Å²) in [5.74, 6) is 0.0205. The summed E-state index contributed by atoms with van der Waals surface area (Å²) in [6, 6.07) is 8.18. The Hall–Kier alpha value is -1.10. The third kappa shape index (κ3) is 6.00. The Morgan fingerprint density at radius 3 is 2.39 bits per heavy atom. The first-order valence-electron chi connectivity index (χ1n) is 5.76. The highest BCUT2D eigenvalue weighted by atomic mass is 35.5. The lowest BCUT2D eigenvalue weighted by molar-refractivity contribution is -0.120. The number of halogens is 1. The Kier molecular flexibility index (Phi) is 8.37. The van der Waals surface area contributed by atoms with Crippen LogP contribution < -0.4 is 10.6 Å². The molecule has 0 aliphatic carbocycles. The van der Waals surface area contributed by atoms with Crippen LogP contribution in [0.1, 0.15) is 11.1 Å². The van der Waals surface area contributed by atoms with Gasteiger partial charge in [-0.15, -0.1) is 12.4 Å². The maximum atomic E-state index is 11.4. The van der Waals surface area contributed by atoms with E-state index in [4.69, 9.17) is 0 Å². The van der Waals surface area contributed by atoms with E-state index in [1.54, 1.807) is 7.05 Å². The molecule has 1 amide bonds. The smallest absolute Gasteiger partial charge is 0.234 e. The molecule has 0 aromatic heterocycles. The molecule has 0 aliphatic rings. The molecule has 0 saturated heterocycles. The van der Waals surface area contributed by atoms with E-state index in [0.29, 0.717) is 13.1 Å². The molecule has 0 unspecified atom stereocenters. The van der Waals surface area contributed by atoms with Gasteiger partial charge in [0.25, 0.3) is 0 Å². The molecule has 0 radical (unpaired) electrons. The number of carbonyl (C=O) groups excluding carboxylic acids is 1. The van der Waals surface area contributed by atoms with Gasteiger partial charge in [0.1, 0.15) is 0 Å². The number of nitrogens with one attached hydrogen (secondary N) is 2. The van der Waals surface area contributed by atoms with E-state index in [1.807, 2.05) is 26.2 Å². The van der Waals surface area contributed by atoms with Gasteiger partial charge in [-0.3, -0.25) is 4.79 Å². The molecule has 2 N–H and O–H groups in total. The zero-order valence-electron chi connectivity index (χ0n) is 11.2. The molecule has 18 heavy (non-hydrogen) atoms. The molecule has 0 heterocycles. The van der Waals surface area contributed by atoms with Crippen LogP contribution in [0.4, 0.5) is 0 Å². The number of amides is 1. The monoisotopic (exact) mass is 271 g/mol. The van der Waals surface area contributed by atoms with Crippen molar-refractivity contribution in [3.05, 3.63) is 35.4 Å². The number of rotatable bonds is 6. The minimum Gasteiger partial charge on any atom is -0.351 e. The Balaban J connectivity index is 0.00000289. The normalized spacial score (nSPS) is 10.0. The molecule has 102 valence electrons.